The van der Waals surface area contributed by atoms with Crippen LogP contribution >= 0.6 is 0 Å². The monoisotopic (exact) mass is 544 g/mol. The van der Waals surface area contributed by atoms with Gasteiger partial charge in [0.15, 0.2) is 11.6 Å². The number of alkyl carbamates (subject to hydrolysis) is 1. The van der Waals surface area contributed by atoms with Gasteiger partial charge < -0.3 is 25.4 Å². The summed E-state index contributed by atoms with van der Waals surface area (Å²) in [5.41, 5.74) is 4.34. The van der Waals surface area contributed by atoms with Gasteiger partial charge in [0.05, 0.1) is 12.6 Å². The van der Waals surface area contributed by atoms with E-state index in [1.165, 1.54) is 28.7 Å². The van der Waals surface area contributed by atoms with Crippen molar-refractivity contribution < 1.29 is 23.9 Å². The predicted octanol–water partition coefficient (Wildman–Crippen LogP) is 1.85. The largest absolute Gasteiger partial charge is 0.459 e. The second-order valence-corrected chi connectivity index (χ2v) is 12.0. The van der Waals surface area contributed by atoms with Gasteiger partial charge in [0.1, 0.15) is 18.2 Å². The molecular weight excluding hydrogens is 504 g/mol. The number of nitrogens with two attached hydrogens (primary N) is 1. The van der Waals surface area contributed by atoms with Crippen LogP contribution in [0.1, 0.15) is 72.5 Å². The van der Waals surface area contributed by atoms with Gasteiger partial charge in [-0.2, -0.15) is 9.97 Å². The van der Waals surface area contributed by atoms with Crippen LogP contribution in [0.3, 0.4) is 0 Å². The van der Waals surface area contributed by atoms with Crippen LogP contribution in [0.5, 0.6) is 6.01 Å². The Labute approximate surface area is 228 Å². The molecule has 1 aromatic heterocycles. The van der Waals surface area contributed by atoms with Crippen molar-refractivity contribution in [1.29, 1.82) is 0 Å². The first-order valence-electron chi connectivity index (χ1n) is 13.7. The molecule has 2 aliphatic heterocycles. The highest BCUT2D eigenvalue weighted by Gasteiger charge is 2.49. The number of hydrogen-bond donors (Lipinski definition) is 2. The van der Waals surface area contributed by atoms with Gasteiger partial charge in [-0.05, 0) is 49.8 Å². The number of aromatic nitrogens is 3. The molecule has 1 saturated heterocycles. The molecule has 3 N–H and O–H groups in total. The molecule has 6 atom stereocenters. The summed E-state index contributed by atoms with van der Waals surface area (Å²) in [5.74, 6) is -0.588. The number of ketones is 1. The van der Waals surface area contributed by atoms with E-state index in [0.29, 0.717) is 13.0 Å². The number of carbonyl (C=O) groups excluding carboxylic acids is 3. The highest BCUT2D eigenvalue weighted by molar-refractivity contribution is 5.92. The zero-order valence-electron chi connectivity index (χ0n) is 23.4. The SMILES string of the molecule is CC(=O)[C@@H]1[C@H](C)[C@@H]2CN1C(=O)[C@H](C(C)(C)C)NC(=O)O[C@@H]1C[C@H]1CCCCCn1c(nc(C=CN)nc1=O)O2. The third-order valence-corrected chi connectivity index (χ3v) is 7.83. The van der Waals surface area contributed by atoms with Gasteiger partial charge in [-0.25, -0.2) is 14.2 Å². The lowest BCUT2D eigenvalue weighted by molar-refractivity contribution is -0.141. The third kappa shape index (κ3) is 6.42. The number of nitrogens with zero attached hydrogens (tertiary/aromatic N) is 4. The molecule has 0 radical (unpaired) electrons. The maximum Gasteiger partial charge on any atom is 0.408 e. The molecule has 12 heteroatoms. The molecule has 1 saturated carbocycles. The van der Waals surface area contributed by atoms with Crippen molar-refractivity contribution in [2.75, 3.05) is 6.54 Å². The second-order valence-electron chi connectivity index (χ2n) is 12.0. The van der Waals surface area contributed by atoms with Crippen molar-refractivity contribution in [3.05, 3.63) is 22.5 Å². The molecule has 4 rings (SSSR count). The maximum absolute atomic E-state index is 13.9. The van der Waals surface area contributed by atoms with Crippen LogP contribution in [0, 0.1) is 17.3 Å². The lowest BCUT2D eigenvalue weighted by Crippen LogP contribution is -2.57. The highest BCUT2D eigenvalue weighted by atomic mass is 16.6. The van der Waals surface area contributed by atoms with Crippen LogP contribution in [0.4, 0.5) is 4.79 Å². The molecule has 1 aliphatic carbocycles. The molecule has 39 heavy (non-hydrogen) atoms. The van der Waals surface area contributed by atoms with Gasteiger partial charge in [-0.15, -0.1) is 0 Å². The van der Waals surface area contributed by atoms with Gasteiger partial charge in [-0.1, -0.05) is 40.5 Å². The number of hydrogen-bond acceptors (Lipinski definition) is 9. The molecule has 0 aromatic carbocycles. The molecule has 12 nitrogen and oxygen atoms in total. The molecule has 0 unspecified atom stereocenters. The number of Topliss-reactive ketones (excluding diaryl/α,β-unsaturated/α-hetero) is 1. The summed E-state index contributed by atoms with van der Waals surface area (Å²) < 4.78 is 13.3. The third-order valence-electron chi connectivity index (χ3n) is 7.83. The van der Waals surface area contributed by atoms with E-state index in [-0.39, 0.29) is 36.2 Å². The fourth-order valence-corrected chi connectivity index (χ4v) is 5.55. The molecule has 2 amide bonds. The smallest absolute Gasteiger partial charge is 0.408 e. The van der Waals surface area contributed by atoms with E-state index in [2.05, 4.69) is 15.3 Å². The van der Waals surface area contributed by atoms with Crippen molar-refractivity contribution in [1.82, 2.24) is 24.8 Å². The Morgan fingerprint density at radius 2 is 1.85 bits per heavy atom. The predicted molar refractivity (Wildman–Crippen MR) is 142 cm³/mol. The summed E-state index contributed by atoms with van der Waals surface area (Å²) >= 11 is 0. The first-order chi connectivity index (χ1) is 18.4. The summed E-state index contributed by atoms with van der Waals surface area (Å²) in [6.45, 7) is 9.26. The van der Waals surface area contributed by atoms with E-state index in [4.69, 9.17) is 15.2 Å². The van der Waals surface area contributed by atoms with Crippen molar-refractivity contribution in [2.24, 2.45) is 23.0 Å². The van der Waals surface area contributed by atoms with E-state index in [1.54, 1.807) is 0 Å². The zero-order valence-corrected chi connectivity index (χ0v) is 23.4. The van der Waals surface area contributed by atoms with Crippen LogP contribution in [0.25, 0.3) is 6.08 Å². The minimum absolute atomic E-state index is 0.0778. The average Bonchev–Trinajstić information content (AvgIpc) is 3.48. The van der Waals surface area contributed by atoms with E-state index in [0.717, 1.165) is 25.7 Å². The van der Waals surface area contributed by atoms with Crippen LogP contribution < -0.4 is 21.5 Å². The number of ether oxygens (including phenoxy) is 2. The van der Waals surface area contributed by atoms with Crippen molar-refractivity contribution in [3.8, 4) is 6.01 Å². The summed E-state index contributed by atoms with van der Waals surface area (Å²) in [6.07, 6.45) is 5.43. The van der Waals surface area contributed by atoms with Gasteiger partial charge in [0.2, 0.25) is 5.91 Å². The molecular formula is C27H40N6O6. The van der Waals surface area contributed by atoms with E-state index in [1.807, 2.05) is 27.7 Å². The molecule has 1 aromatic rings. The van der Waals surface area contributed by atoms with Crippen molar-refractivity contribution >= 4 is 23.9 Å². The van der Waals surface area contributed by atoms with Crippen LogP contribution in [0.15, 0.2) is 11.0 Å². The number of rotatable bonds is 2. The fraction of sp³-hybridized carbons (Fsp3) is 0.704. The van der Waals surface area contributed by atoms with Crippen molar-refractivity contribution in [3.63, 3.8) is 0 Å². The summed E-state index contributed by atoms with van der Waals surface area (Å²) in [7, 11) is 0. The van der Waals surface area contributed by atoms with Crippen LogP contribution in [-0.4, -0.2) is 68.1 Å². The Hall–Kier alpha value is -3.44. The number of amides is 2. The Morgan fingerprint density at radius 3 is 2.51 bits per heavy atom. The zero-order chi connectivity index (χ0) is 28.5. The summed E-state index contributed by atoms with van der Waals surface area (Å²) in [6, 6.07) is -1.62. The Morgan fingerprint density at radius 1 is 1.10 bits per heavy atom. The first kappa shape index (κ1) is 28.6. The maximum atomic E-state index is 13.9. The average molecular weight is 545 g/mol. The second kappa shape index (κ2) is 11.4. The molecule has 214 valence electrons. The topological polar surface area (TPSA) is 159 Å². The molecule has 2 bridgehead atoms. The number of fused-ring (bicyclic) bond motifs is 4. The molecule has 2 fully saturated rings. The molecule has 0 spiro atoms. The summed E-state index contributed by atoms with van der Waals surface area (Å²) in [5, 5.41) is 2.78. The number of nitrogens with one attached hydrogen (secondary N) is 1. The lowest BCUT2D eigenvalue weighted by Gasteiger charge is -2.35. The van der Waals surface area contributed by atoms with Gasteiger partial charge in [0, 0.05) is 12.5 Å². The van der Waals surface area contributed by atoms with E-state index < -0.39 is 47.2 Å². The van der Waals surface area contributed by atoms with Crippen LogP contribution in [-0.2, 0) is 20.9 Å². The van der Waals surface area contributed by atoms with Crippen molar-refractivity contribution in [2.45, 2.75) is 97.6 Å². The first-order valence-corrected chi connectivity index (χ1v) is 13.7. The van der Waals surface area contributed by atoms with Crippen LogP contribution in [0.2, 0.25) is 0 Å². The van der Waals surface area contributed by atoms with Gasteiger partial charge in [0.25, 0.3) is 0 Å². The Balaban J connectivity index is 1.71. The highest BCUT2D eigenvalue weighted by Crippen LogP contribution is 2.38. The Bertz CT molecular complexity index is 1190. The standard InChI is InChI=1S/C27H40N6O6/c1-15-19-14-33(21(15)16(2)34)23(35)22(27(3,4)5)31-26(37)39-18-13-17(18)9-7-6-8-12-32-24(36)29-20(10-11-28)30-25(32)38-19/h10-11,15,17-19,21-22H,6-9,12-14,28H2,1-5H3,(H,31,37)/t15-,17-,18-,19+,21+,22-/m1/s1. The molecule has 3 heterocycles. The van der Waals surface area contributed by atoms with Gasteiger partial charge >= 0.3 is 17.8 Å². The minimum Gasteiger partial charge on any atom is -0.459 e. The van der Waals surface area contributed by atoms with Gasteiger partial charge in [-0.3, -0.25) is 9.59 Å². The fourth-order valence-electron chi connectivity index (χ4n) is 5.55. The van der Waals surface area contributed by atoms with E-state index >= 15 is 0 Å². The quantitative estimate of drug-likeness (QED) is 0.566. The van der Waals surface area contributed by atoms with E-state index in [9.17, 15) is 19.2 Å². The summed E-state index contributed by atoms with van der Waals surface area (Å²) in [4.78, 5) is 62.3. The number of carbonyl (C=O) groups is 3. The normalized spacial score (nSPS) is 30.3. The lowest BCUT2D eigenvalue weighted by atomic mass is 9.85. The Kier molecular flexibility index (Phi) is 8.31. The minimum atomic E-state index is -0.924. The molecule has 3 aliphatic rings.